The minimum absolute atomic E-state index is 0. The predicted molar refractivity (Wildman–Crippen MR) is 115 cm³/mol. The number of para-hydroxylation sites is 3. The number of benzene rings is 3. The molecule has 166 valence electrons. The van der Waals surface area contributed by atoms with E-state index in [1.807, 2.05) is 0 Å². The molecule has 3 aromatic carbocycles. The Kier molecular flexibility index (Phi) is 12.2. The van der Waals surface area contributed by atoms with Crippen LogP contribution in [-0.4, -0.2) is 13.2 Å². The monoisotopic (exact) mass is 479 g/mol. The zero-order valence-electron chi connectivity index (χ0n) is 17.9. The van der Waals surface area contributed by atoms with Crippen molar-refractivity contribution in [2.24, 2.45) is 0 Å². The van der Waals surface area contributed by atoms with E-state index in [1.165, 1.54) is 33.8 Å². The van der Waals surface area contributed by atoms with Crippen LogP contribution in [0.25, 0.3) is 0 Å². The number of ether oxygens (including phenoxy) is 2. The predicted octanol–water partition coefficient (Wildman–Crippen LogP) is 5.30. The number of hydrogen-bond acceptors (Lipinski definition) is 3. The van der Waals surface area contributed by atoms with Crippen molar-refractivity contribution in [2.45, 2.75) is 19.6 Å². The molecular formula is C26H21CrNO5. The Balaban J connectivity index is 0.000000723. The van der Waals surface area contributed by atoms with E-state index in [1.54, 1.807) is 0 Å². The first-order valence-electron chi connectivity index (χ1n) is 9.73. The number of anilines is 3. The van der Waals surface area contributed by atoms with E-state index in [0.29, 0.717) is 13.2 Å². The smallest absolute Gasteiger partial charge is 0 e. The molecule has 3 aromatic rings. The molecule has 2 heterocycles. The molecule has 5 rings (SSSR count). The van der Waals surface area contributed by atoms with Crippen molar-refractivity contribution in [3.63, 3.8) is 0 Å². The summed E-state index contributed by atoms with van der Waals surface area (Å²) < 4.78 is 34.2. The molecule has 2 aliphatic rings. The Morgan fingerprint density at radius 2 is 1.21 bits per heavy atom. The van der Waals surface area contributed by atoms with Crippen molar-refractivity contribution in [1.29, 1.82) is 0 Å². The molecule has 0 N–H and O–H groups in total. The van der Waals surface area contributed by atoms with Gasteiger partial charge in [0.05, 0.1) is 18.9 Å². The van der Waals surface area contributed by atoms with Gasteiger partial charge in [0.1, 0.15) is 0 Å². The van der Waals surface area contributed by atoms with Crippen LogP contribution in [0.2, 0.25) is 0 Å². The Bertz CT molecular complexity index is 1040. The normalized spacial score (nSPS) is 13.1. The molecule has 6 nitrogen and oxygen atoms in total. The first-order chi connectivity index (χ1) is 15.8. The molecule has 0 unspecified atom stereocenters. The summed E-state index contributed by atoms with van der Waals surface area (Å²) in [6.45, 7) is 16.9. The Labute approximate surface area is 204 Å². The maximum Gasteiger partial charge on any atom is 0 e. The van der Waals surface area contributed by atoms with E-state index < -0.39 is 0 Å². The molecule has 0 aromatic heterocycles. The molecule has 0 radical (unpaired) electrons. The van der Waals surface area contributed by atoms with Crippen molar-refractivity contribution in [3.8, 4) is 0 Å². The average Bonchev–Trinajstić information content (AvgIpc) is 3.41. The van der Waals surface area contributed by atoms with Gasteiger partial charge in [-0.2, -0.15) is 0 Å². The summed E-state index contributed by atoms with van der Waals surface area (Å²) in [5.74, 6) is 0. The first-order valence-corrected chi connectivity index (χ1v) is 9.73. The van der Waals surface area contributed by atoms with Gasteiger partial charge >= 0.3 is 33.9 Å². The molecule has 0 aliphatic carbocycles. The minimum Gasteiger partial charge on any atom is 0 e. The molecule has 0 atom stereocenters. The van der Waals surface area contributed by atoms with E-state index >= 15 is 0 Å². The molecule has 0 bridgehead atoms. The van der Waals surface area contributed by atoms with Gasteiger partial charge in [0.2, 0.25) is 0 Å². The van der Waals surface area contributed by atoms with E-state index in [-0.39, 0.29) is 23.7 Å². The van der Waals surface area contributed by atoms with Crippen molar-refractivity contribution in [2.75, 3.05) is 18.1 Å². The first kappa shape index (κ1) is 28.2. The number of fused-ring (bicyclic) bond motifs is 2. The fraction of sp³-hybridized carbons (Fsp3) is 0.192. The van der Waals surface area contributed by atoms with Crippen molar-refractivity contribution in [1.82, 2.24) is 0 Å². The largest absolute Gasteiger partial charge is 0 e. The van der Waals surface area contributed by atoms with Gasteiger partial charge in [-0.15, -0.1) is 0 Å². The maximum atomic E-state index is 7.50. The zero-order chi connectivity index (χ0) is 23.5. The van der Waals surface area contributed by atoms with E-state index in [0.717, 1.165) is 12.0 Å². The molecule has 0 saturated carbocycles. The van der Waals surface area contributed by atoms with Crippen LogP contribution in [0.5, 0.6) is 0 Å². The van der Waals surface area contributed by atoms with Crippen LogP contribution >= 0.6 is 0 Å². The molecule has 1 fully saturated rings. The van der Waals surface area contributed by atoms with Crippen LogP contribution < -0.4 is 4.90 Å². The van der Waals surface area contributed by atoms with Gasteiger partial charge in [-0.1, -0.05) is 54.6 Å². The molecule has 0 spiro atoms. The van der Waals surface area contributed by atoms with E-state index in [9.17, 15) is 0 Å². The van der Waals surface area contributed by atoms with Crippen LogP contribution in [0.1, 0.15) is 28.5 Å². The third kappa shape index (κ3) is 5.93. The van der Waals surface area contributed by atoms with Crippen molar-refractivity contribution < 1.29 is 40.8 Å². The van der Waals surface area contributed by atoms with Crippen molar-refractivity contribution >= 4 is 17.1 Å². The topological polar surface area (TPSA) is 81.4 Å². The fourth-order valence-corrected chi connectivity index (χ4v) is 4.05. The molecule has 0 amide bonds. The third-order valence-corrected chi connectivity index (χ3v) is 5.21. The van der Waals surface area contributed by atoms with Crippen LogP contribution in [0.15, 0.2) is 66.7 Å². The number of rotatable bonds is 2. The summed E-state index contributed by atoms with van der Waals surface area (Å²) in [4.78, 5) is 2.38. The summed E-state index contributed by atoms with van der Waals surface area (Å²) in [6, 6.07) is 23.7. The van der Waals surface area contributed by atoms with Gasteiger partial charge in [-0.3, -0.25) is 0 Å². The summed E-state index contributed by atoms with van der Waals surface area (Å²) in [5, 5.41) is 0. The number of nitrogens with zero attached hydrogens (tertiary/aromatic N) is 1. The standard InChI is InChI=1S/C23H21NO2.3CO.Cr/c1-16-7-6-10-19(23-25-13-14-26-23)22(16)24-20-11-4-2-8-17(20)15-18-9-3-5-12-21(18)24;3*1-2;/h2-12,23H,13-15H2,1H3;;;;. The summed E-state index contributed by atoms with van der Waals surface area (Å²) >= 11 is 0. The molecule has 2 aliphatic heterocycles. The maximum absolute atomic E-state index is 7.50. The van der Waals surface area contributed by atoms with Gasteiger partial charge in [0.15, 0.2) is 6.29 Å². The SMILES string of the molecule is Cc1cccc(C2OCCO2)c1N1c2ccccc2Cc2ccccc21.[C-]#[O+].[C-]#[O+].[C-]#[O+].[Cr]. The number of hydrogen-bond donors (Lipinski definition) is 0. The van der Waals surface area contributed by atoms with Crippen LogP contribution in [0, 0.1) is 26.9 Å². The zero-order valence-corrected chi connectivity index (χ0v) is 19.2. The molecule has 1 saturated heterocycles. The second kappa shape index (κ2) is 14.3. The molecule has 7 heteroatoms. The molecule has 33 heavy (non-hydrogen) atoms. The van der Waals surface area contributed by atoms with Gasteiger partial charge in [-0.05, 0) is 35.7 Å². The Morgan fingerprint density at radius 1 is 0.727 bits per heavy atom. The molecular weight excluding hydrogens is 458 g/mol. The average molecular weight is 479 g/mol. The summed E-state index contributed by atoms with van der Waals surface area (Å²) in [7, 11) is 0. The minimum atomic E-state index is -0.300. The fourth-order valence-electron chi connectivity index (χ4n) is 4.05. The Hall–Kier alpha value is -2.87. The second-order valence-electron chi connectivity index (χ2n) is 6.86. The summed E-state index contributed by atoms with van der Waals surface area (Å²) in [5.41, 5.74) is 8.63. The van der Waals surface area contributed by atoms with Gasteiger partial charge in [0.25, 0.3) is 0 Å². The number of aryl methyl sites for hydroxylation is 1. The van der Waals surface area contributed by atoms with Crippen LogP contribution in [0.4, 0.5) is 17.1 Å². The second-order valence-corrected chi connectivity index (χ2v) is 6.86. The Morgan fingerprint density at radius 3 is 1.73 bits per heavy atom. The van der Waals surface area contributed by atoms with Gasteiger partial charge in [-0.25, -0.2) is 0 Å². The van der Waals surface area contributed by atoms with Gasteiger partial charge < -0.3 is 14.4 Å². The van der Waals surface area contributed by atoms with Crippen LogP contribution in [0.3, 0.4) is 0 Å². The van der Waals surface area contributed by atoms with E-state index in [4.69, 9.17) is 23.4 Å². The van der Waals surface area contributed by atoms with E-state index in [2.05, 4.69) is 98.5 Å². The van der Waals surface area contributed by atoms with Gasteiger partial charge in [0, 0.05) is 40.7 Å². The quantitative estimate of drug-likeness (QED) is 0.289. The summed E-state index contributed by atoms with van der Waals surface area (Å²) in [6.07, 6.45) is 0.659. The van der Waals surface area contributed by atoms with Crippen LogP contribution in [-0.2, 0) is 47.2 Å². The van der Waals surface area contributed by atoms with Crippen molar-refractivity contribution in [3.05, 3.63) is 109 Å². The third-order valence-electron chi connectivity index (χ3n) is 5.21.